The molecule has 0 saturated carbocycles. The van der Waals surface area contributed by atoms with E-state index in [9.17, 15) is 9.59 Å². The predicted octanol–water partition coefficient (Wildman–Crippen LogP) is 1.65. The summed E-state index contributed by atoms with van der Waals surface area (Å²) >= 11 is 0. The maximum absolute atomic E-state index is 11.5. The van der Waals surface area contributed by atoms with Crippen LogP contribution in [0, 0.1) is 0 Å². The third-order valence-corrected chi connectivity index (χ3v) is 1.99. The number of allylic oxidation sites excluding steroid dienone is 2. The van der Waals surface area contributed by atoms with Crippen LogP contribution in [0.25, 0.3) is 6.08 Å². The minimum atomic E-state index is -0.0982. The Kier molecular flexibility index (Phi) is 1.69. The van der Waals surface area contributed by atoms with E-state index in [4.69, 9.17) is 0 Å². The van der Waals surface area contributed by atoms with Crippen molar-refractivity contribution in [3.8, 4) is 0 Å². The fourth-order valence-electron chi connectivity index (χ4n) is 1.39. The summed E-state index contributed by atoms with van der Waals surface area (Å²) in [5, 5.41) is 0. The van der Waals surface area contributed by atoms with E-state index in [0.29, 0.717) is 11.1 Å². The Bertz CT molecular complexity index is 449. The Morgan fingerprint density at radius 1 is 1.23 bits per heavy atom. The van der Waals surface area contributed by atoms with Crippen LogP contribution in [0.4, 0.5) is 0 Å². The molecule has 0 amide bonds. The predicted molar refractivity (Wildman–Crippen MR) is 49.0 cm³/mol. The minimum Gasteiger partial charge on any atom is -0.289 e. The molecule has 13 heavy (non-hydrogen) atoms. The highest BCUT2D eigenvalue weighted by molar-refractivity contribution is 6.20. The Morgan fingerprint density at radius 3 is 2.69 bits per heavy atom. The first kappa shape index (κ1) is 7.71. The van der Waals surface area contributed by atoms with Crippen LogP contribution >= 0.6 is 0 Å². The van der Waals surface area contributed by atoms with Crippen molar-refractivity contribution in [2.75, 3.05) is 0 Å². The van der Waals surface area contributed by atoms with Crippen molar-refractivity contribution < 1.29 is 9.59 Å². The fourth-order valence-corrected chi connectivity index (χ4v) is 1.39. The summed E-state index contributed by atoms with van der Waals surface area (Å²) in [6.07, 6.45) is 2.87. The molecule has 0 aliphatic heterocycles. The third-order valence-electron chi connectivity index (χ3n) is 1.99. The van der Waals surface area contributed by atoms with E-state index in [1.807, 2.05) is 12.1 Å². The van der Waals surface area contributed by atoms with Crippen molar-refractivity contribution in [3.63, 3.8) is 0 Å². The van der Waals surface area contributed by atoms with Crippen LogP contribution in [0.5, 0.6) is 0 Å². The zero-order valence-corrected chi connectivity index (χ0v) is 6.78. The highest BCUT2D eigenvalue weighted by atomic mass is 16.1. The Hall–Kier alpha value is -1.92. The second-order valence-electron chi connectivity index (χ2n) is 2.78. The van der Waals surface area contributed by atoms with Crippen molar-refractivity contribution in [2.45, 2.75) is 0 Å². The Balaban J connectivity index is 2.56. The molecule has 1 aromatic rings. The number of carbonyl (C=O) groups is 1. The standard InChI is InChI=1S/C11H6O2/c12-6-5-9-7-8-3-1-2-4-10(8)11(9)13/h1-5,7H. The van der Waals surface area contributed by atoms with Crippen molar-refractivity contribution in [3.05, 3.63) is 47.0 Å². The number of rotatable bonds is 1. The minimum absolute atomic E-state index is 0.0982. The molecule has 0 N–H and O–H groups in total. The summed E-state index contributed by atoms with van der Waals surface area (Å²) < 4.78 is 0. The van der Waals surface area contributed by atoms with Crippen molar-refractivity contribution in [1.82, 2.24) is 0 Å². The highest BCUT2D eigenvalue weighted by Crippen LogP contribution is 2.24. The first-order valence-electron chi connectivity index (χ1n) is 3.89. The number of Topliss-reactive ketones (excluding diaryl/α,β-unsaturated/α-hetero) is 1. The van der Waals surface area contributed by atoms with Gasteiger partial charge < -0.3 is 0 Å². The lowest BCUT2D eigenvalue weighted by atomic mass is 10.1. The number of benzene rings is 1. The van der Waals surface area contributed by atoms with E-state index >= 15 is 0 Å². The second kappa shape index (κ2) is 2.85. The fraction of sp³-hybridized carbons (Fsp3) is 0. The van der Waals surface area contributed by atoms with Crippen molar-refractivity contribution in [2.24, 2.45) is 0 Å². The van der Waals surface area contributed by atoms with Gasteiger partial charge >= 0.3 is 0 Å². The van der Waals surface area contributed by atoms with Gasteiger partial charge in [0.2, 0.25) is 0 Å². The van der Waals surface area contributed by atoms with Crippen LogP contribution < -0.4 is 0 Å². The van der Waals surface area contributed by atoms with Crippen LogP contribution in [-0.4, -0.2) is 11.7 Å². The van der Waals surface area contributed by atoms with Gasteiger partial charge in [0.15, 0.2) is 5.78 Å². The SMILES string of the molecule is O=C=CC1=Cc2ccccc2C1=O. The quantitative estimate of drug-likeness (QED) is 0.600. The molecular formula is C11H6O2. The summed E-state index contributed by atoms with van der Waals surface area (Å²) in [6, 6.07) is 7.26. The average molecular weight is 170 g/mol. The molecule has 0 bridgehead atoms. The molecular weight excluding hydrogens is 164 g/mol. The number of hydrogen-bond donors (Lipinski definition) is 0. The van der Waals surface area contributed by atoms with Gasteiger partial charge in [-0.2, -0.15) is 0 Å². The van der Waals surface area contributed by atoms with Crippen molar-refractivity contribution >= 4 is 17.8 Å². The van der Waals surface area contributed by atoms with Crippen LogP contribution in [0.15, 0.2) is 35.9 Å². The molecule has 0 fully saturated rings. The van der Waals surface area contributed by atoms with Gasteiger partial charge in [0.25, 0.3) is 0 Å². The molecule has 1 aliphatic rings. The molecule has 62 valence electrons. The Morgan fingerprint density at radius 2 is 2.00 bits per heavy atom. The zero-order chi connectivity index (χ0) is 9.26. The molecule has 0 heterocycles. The van der Waals surface area contributed by atoms with E-state index in [1.54, 1.807) is 24.2 Å². The van der Waals surface area contributed by atoms with E-state index < -0.39 is 0 Å². The van der Waals surface area contributed by atoms with Crippen LogP contribution in [-0.2, 0) is 4.79 Å². The van der Waals surface area contributed by atoms with E-state index in [1.165, 1.54) is 6.08 Å². The molecule has 2 heteroatoms. The molecule has 0 radical (unpaired) electrons. The van der Waals surface area contributed by atoms with Gasteiger partial charge in [-0.25, -0.2) is 4.79 Å². The summed E-state index contributed by atoms with van der Waals surface area (Å²) in [5.74, 6) is 1.51. The normalized spacial score (nSPS) is 13.2. The maximum atomic E-state index is 11.5. The number of hydrogen-bond acceptors (Lipinski definition) is 2. The molecule has 0 unspecified atom stereocenters. The van der Waals surface area contributed by atoms with Gasteiger partial charge in [-0.05, 0) is 11.6 Å². The first-order valence-corrected chi connectivity index (χ1v) is 3.89. The molecule has 0 saturated heterocycles. The van der Waals surface area contributed by atoms with E-state index in [0.717, 1.165) is 5.56 Å². The monoisotopic (exact) mass is 170 g/mol. The number of carbonyl (C=O) groups excluding carboxylic acids is 2. The molecule has 1 aliphatic carbocycles. The molecule has 2 nitrogen and oxygen atoms in total. The summed E-state index contributed by atoms with van der Waals surface area (Å²) in [4.78, 5) is 21.6. The van der Waals surface area contributed by atoms with Crippen molar-refractivity contribution in [1.29, 1.82) is 0 Å². The lowest BCUT2D eigenvalue weighted by molar-refractivity contribution is 0.104. The molecule has 1 aromatic carbocycles. The van der Waals surface area contributed by atoms with E-state index in [2.05, 4.69) is 0 Å². The molecule has 0 atom stereocenters. The van der Waals surface area contributed by atoms with Crippen LogP contribution in [0.3, 0.4) is 0 Å². The molecule has 2 rings (SSSR count). The van der Waals surface area contributed by atoms with Gasteiger partial charge in [0.05, 0.1) is 0 Å². The second-order valence-corrected chi connectivity index (χ2v) is 2.78. The summed E-state index contributed by atoms with van der Waals surface area (Å²) in [6.45, 7) is 0. The first-order chi connectivity index (χ1) is 6.33. The number of ketones is 1. The van der Waals surface area contributed by atoms with Gasteiger partial charge in [-0.1, -0.05) is 24.3 Å². The molecule has 0 spiro atoms. The van der Waals surface area contributed by atoms with Gasteiger partial charge in [0, 0.05) is 17.2 Å². The van der Waals surface area contributed by atoms with Gasteiger partial charge in [-0.15, -0.1) is 0 Å². The van der Waals surface area contributed by atoms with Crippen LogP contribution in [0.1, 0.15) is 15.9 Å². The van der Waals surface area contributed by atoms with Gasteiger partial charge in [-0.3, -0.25) is 4.79 Å². The smallest absolute Gasteiger partial charge is 0.194 e. The lowest BCUT2D eigenvalue weighted by Crippen LogP contribution is -1.95. The van der Waals surface area contributed by atoms with Gasteiger partial charge in [0.1, 0.15) is 5.94 Å². The average Bonchev–Trinajstić information content (AvgIpc) is 2.46. The summed E-state index contributed by atoms with van der Waals surface area (Å²) in [5.41, 5.74) is 1.94. The maximum Gasteiger partial charge on any atom is 0.194 e. The summed E-state index contributed by atoms with van der Waals surface area (Å²) in [7, 11) is 0. The Labute approximate surface area is 75.2 Å². The molecule has 0 aromatic heterocycles. The zero-order valence-electron chi connectivity index (χ0n) is 6.78. The lowest BCUT2D eigenvalue weighted by Gasteiger charge is -1.93. The number of fused-ring (bicyclic) bond motifs is 1. The van der Waals surface area contributed by atoms with E-state index in [-0.39, 0.29) is 5.78 Å². The third kappa shape index (κ3) is 1.13. The highest BCUT2D eigenvalue weighted by Gasteiger charge is 2.19. The topological polar surface area (TPSA) is 34.1 Å². The largest absolute Gasteiger partial charge is 0.289 e. The van der Waals surface area contributed by atoms with Crippen LogP contribution in [0.2, 0.25) is 0 Å².